The number of rotatable bonds is 5. The molecule has 0 bridgehead atoms. The highest BCUT2D eigenvalue weighted by molar-refractivity contribution is 5.31. The molecule has 4 heteroatoms. The molecule has 0 saturated carbocycles. The standard InChI is InChI=1S/C16H21N3O/c17-16(9-8-15-7-4-10-20-15)13-11-18-19(12-13)14-5-2-1-3-6-14/h1-3,5-6,11-12,15-16H,4,7-10,17H2. The number of aromatic nitrogens is 2. The average molecular weight is 271 g/mol. The van der Waals surface area contributed by atoms with Crippen molar-refractivity contribution in [3.8, 4) is 5.69 Å². The normalized spacial score (nSPS) is 20.1. The molecule has 1 aliphatic rings. The number of nitrogens with zero attached hydrogens (tertiary/aromatic N) is 2. The lowest BCUT2D eigenvalue weighted by atomic mass is 10.0. The third-order valence-electron chi connectivity index (χ3n) is 3.88. The van der Waals surface area contributed by atoms with Gasteiger partial charge in [0, 0.05) is 24.4 Å². The molecule has 3 rings (SSSR count). The van der Waals surface area contributed by atoms with Crippen LogP contribution in [0.15, 0.2) is 42.7 Å². The molecular weight excluding hydrogens is 250 g/mol. The molecule has 2 heterocycles. The third-order valence-corrected chi connectivity index (χ3v) is 3.88. The molecule has 2 atom stereocenters. The Hall–Kier alpha value is -1.65. The van der Waals surface area contributed by atoms with Gasteiger partial charge < -0.3 is 10.5 Å². The minimum Gasteiger partial charge on any atom is -0.378 e. The highest BCUT2D eigenvalue weighted by atomic mass is 16.5. The van der Waals surface area contributed by atoms with E-state index in [2.05, 4.69) is 5.10 Å². The maximum Gasteiger partial charge on any atom is 0.0645 e. The second kappa shape index (κ2) is 6.20. The first-order valence-electron chi connectivity index (χ1n) is 7.30. The van der Waals surface area contributed by atoms with Crippen LogP contribution in [-0.2, 0) is 4.74 Å². The van der Waals surface area contributed by atoms with E-state index in [9.17, 15) is 0 Å². The van der Waals surface area contributed by atoms with Crippen LogP contribution in [0.5, 0.6) is 0 Å². The summed E-state index contributed by atoms with van der Waals surface area (Å²) >= 11 is 0. The molecule has 106 valence electrons. The minimum atomic E-state index is 0.0386. The van der Waals surface area contributed by atoms with Crippen molar-refractivity contribution >= 4 is 0 Å². The van der Waals surface area contributed by atoms with E-state index in [4.69, 9.17) is 10.5 Å². The SMILES string of the molecule is NC(CCC1CCCO1)c1cnn(-c2ccccc2)c1. The topological polar surface area (TPSA) is 53.1 Å². The second-order valence-electron chi connectivity index (χ2n) is 5.37. The first-order chi connectivity index (χ1) is 9.83. The molecule has 1 aromatic carbocycles. The molecule has 0 aliphatic carbocycles. The van der Waals surface area contributed by atoms with Crippen molar-refractivity contribution in [1.82, 2.24) is 9.78 Å². The fourth-order valence-corrected chi connectivity index (χ4v) is 2.65. The van der Waals surface area contributed by atoms with Crippen molar-refractivity contribution in [3.63, 3.8) is 0 Å². The highest BCUT2D eigenvalue weighted by Gasteiger charge is 2.17. The zero-order chi connectivity index (χ0) is 13.8. The number of hydrogen-bond donors (Lipinski definition) is 1. The quantitative estimate of drug-likeness (QED) is 0.909. The largest absolute Gasteiger partial charge is 0.378 e. The first kappa shape index (κ1) is 13.3. The summed E-state index contributed by atoms with van der Waals surface area (Å²) in [7, 11) is 0. The molecule has 20 heavy (non-hydrogen) atoms. The molecule has 4 nitrogen and oxygen atoms in total. The van der Waals surface area contributed by atoms with Gasteiger partial charge in [0.25, 0.3) is 0 Å². The van der Waals surface area contributed by atoms with E-state index >= 15 is 0 Å². The molecule has 1 saturated heterocycles. The second-order valence-corrected chi connectivity index (χ2v) is 5.37. The Kier molecular flexibility index (Phi) is 4.14. The van der Waals surface area contributed by atoms with E-state index in [-0.39, 0.29) is 6.04 Å². The van der Waals surface area contributed by atoms with Crippen molar-refractivity contribution in [2.75, 3.05) is 6.61 Å². The van der Waals surface area contributed by atoms with Crippen molar-refractivity contribution in [3.05, 3.63) is 48.3 Å². The molecule has 0 radical (unpaired) electrons. The molecule has 2 unspecified atom stereocenters. The first-order valence-corrected chi connectivity index (χ1v) is 7.30. The summed E-state index contributed by atoms with van der Waals surface area (Å²) in [6, 6.07) is 10.1. The van der Waals surface area contributed by atoms with Crippen molar-refractivity contribution in [2.45, 2.75) is 37.8 Å². The number of hydrogen-bond acceptors (Lipinski definition) is 3. The van der Waals surface area contributed by atoms with E-state index < -0.39 is 0 Å². The van der Waals surface area contributed by atoms with Crippen LogP contribution in [0.25, 0.3) is 5.69 Å². The molecule has 1 aliphatic heterocycles. The lowest BCUT2D eigenvalue weighted by Gasteiger charge is -2.13. The summed E-state index contributed by atoms with van der Waals surface area (Å²) in [5.74, 6) is 0. The van der Waals surface area contributed by atoms with Crippen molar-refractivity contribution < 1.29 is 4.74 Å². The number of nitrogens with two attached hydrogens (primary N) is 1. The van der Waals surface area contributed by atoms with Gasteiger partial charge in [-0.2, -0.15) is 5.10 Å². The van der Waals surface area contributed by atoms with Crippen LogP contribution in [-0.4, -0.2) is 22.5 Å². The lowest BCUT2D eigenvalue weighted by Crippen LogP contribution is -2.14. The molecule has 2 aromatic rings. The van der Waals surface area contributed by atoms with Gasteiger partial charge in [-0.05, 0) is 37.8 Å². The molecule has 0 spiro atoms. The van der Waals surface area contributed by atoms with Gasteiger partial charge in [0.1, 0.15) is 0 Å². The van der Waals surface area contributed by atoms with E-state index in [0.29, 0.717) is 6.10 Å². The van der Waals surface area contributed by atoms with Crippen molar-refractivity contribution in [1.29, 1.82) is 0 Å². The minimum absolute atomic E-state index is 0.0386. The predicted octanol–water partition coefficient (Wildman–Crippen LogP) is 2.83. The van der Waals surface area contributed by atoms with Crippen LogP contribution in [0.1, 0.15) is 37.3 Å². The van der Waals surface area contributed by atoms with Gasteiger partial charge in [-0.15, -0.1) is 0 Å². The summed E-state index contributed by atoms with van der Waals surface area (Å²) in [5.41, 5.74) is 8.41. The lowest BCUT2D eigenvalue weighted by molar-refractivity contribution is 0.101. The highest BCUT2D eigenvalue weighted by Crippen LogP contribution is 2.22. The van der Waals surface area contributed by atoms with Crippen LogP contribution < -0.4 is 5.73 Å². The summed E-state index contributed by atoms with van der Waals surface area (Å²) in [5, 5.41) is 4.39. The average Bonchev–Trinajstić information content (AvgIpc) is 3.17. The van der Waals surface area contributed by atoms with Crippen LogP contribution in [0.4, 0.5) is 0 Å². The van der Waals surface area contributed by atoms with Gasteiger partial charge in [0.15, 0.2) is 0 Å². The van der Waals surface area contributed by atoms with Crippen LogP contribution >= 0.6 is 0 Å². The number of benzene rings is 1. The van der Waals surface area contributed by atoms with E-state index in [1.807, 2.05) is 47.4 Å². The van der Waals surface area contributed by atoms with Gasteiger partial charge in [-0.3, -0.25) is 0 Å². The van der Waals surface area contributed by atoms with Gasteiger partial charge >= 0.3 is 0 Å². The van der Waals surface area contributed by atoms with E-state index in [0.717, 1.165) is 30.7 Å². The smallest absolute Gasteiger partial charge is 0.0645 e. The van der Waals surface area contributed by atoms with Crippen LogP contribution in [0.3, 0.4) is 0 Å². The Morgan fingerprint density at radius 2 is 2.20 bits per heavy atom. The zero-order valence-electron chi connectivity index (χ0n) is 11.6. The maximum atomic E-state index is 6.26. The van der Waals surface area contributed by atoms with Crippen LogP contribution in [0.2, 0.25) is 0 Å². The monoisotopic (exact) mass is 271 g/mol. The fraction of sp³-hybridized carbons (Fsp3) is 0.438. The van der Waals surface area contributed by atoms with E-state index in [1.54, 1.807) is 0 Å². The van der Waals surface area contributed by atoms with Gasteiger partial charge in [-0.1, -0.05) is 18.2 Å². The molecular formula is C16H21N3O. The Labute approximate surface area is 119 Å². The number of para-hydroxylation sites is 1. The van der Waals surface area contributed by atoms with Gasteiger partial charge in [0.2, 0.25) is 0 Å². The molecule has 0 amide bonds. The zero-order valence-corrected chi connectivity index (χ0v) is 11.6. The summed E-state index contributed by atoms with van der Waals surface area (Å²) < 4.78 is 7.51. The summed E-state index contributed by atoms with van der Waals surface area (Å²) in [6.45, 7) is 0.909. The van der Waals surface area contributed by atoms with Gasteiger partial charge in [0.05, 0.1) is 18.0 Å². The Bertz CT molecular complexity index is 532. The van der Waals surface area contributed by atoms with Gasteiger partial charge in [-0.25, -0.2) is 4.68 Å². The van der Waals surface area contributed by atoms with Crippen molar-refractivity contribution in [2.24, 2.45) is 5.73 Å². The fourth-order valence-electron chi connectivity index (χ4n) is 2.65. The van der Waals surface area contributed by atoms with Crippen LogP contribution in [0, 0.1) is 0 Å². The maximum absolute atomic E-state index is 6.26. The molecule has 2 N–H and O–H groups in total. The summed E-state index contributed by atoms with van der Waals surface area (Å²) in [6.07, 6.45) is 8.65. The molecule has 1 aromatic heterocycles. The Balaban J connectivity index is 1.61. The summed E-state index contributed by atoms with van der Waals surface area (Å²) in [4.78, 5) is 0. The predicted molar refractivity (Wildman–Crippen MR) is 78.7 cm³/mol. The third kappa shape index (κ3) is 3.08. The Morgan fingerprint density at radius 3 is 2.95 bits per heavy atom. The number of ether oxygens (including phenoxy) is 1. The van der Waals surface area contributed by atoms with E-state index in [1.165, 1.54) is 12.8 Å². The Morgan fingerprint density at radius 1 is 1.35 bits per heavy atom. The molecule has 1 fully saturated rings.